The highest BCUT2D eigenvalue weighted by Gasteiger charge is 2.24. The summed E-state index contributed by atoms with van der Waals surface area (Å²) in [6.45, 7) is 4.51. The minimum atomic E-state index is -0.915. The highest BCUT2D eigenvalue weighted by Crippen LogP contribution is 2.42. The summed E-state index contributed by atoms with van der Waals surface area (Å²) in [5, 5.41) is 5.27. The average molecular weight is 498 g/mol. The van der Waals surface area contributed by atoms with E-state index in [-0.39, 0.29) is 8.14 Å². The molecular weight excluding hydrogens is 466 g/mol. The van der Waals surface area contributed by atoms with Crippen LogP contribution >= 0.6 is 33.8 Å². The van der Waals surface area contributed by atoms with Gasteiger partial charge in [-0.15, -0.1) is 22.2 Å². The molecule has 1 atom stereocenters. The molecule has 0 heterocycles. The van der Waals surface area contributed by atoms with E-state index in [9.17, 15) is 4.39 Å². The minimum absolute atomic E-state index is 0.0278. The van der Waals surface area contributed by atoms with E-state index in [1.165, 1.54) is 49.3 Å². The van der Waals surface area contributed by atoms with Crippen molar-refractivity contribution < 1.29 is 4.39 Å². The first kappa shape index (κ1) is 26.4. The molecule has 0 nitrogen and oxygen atoms in total. The Hall–Kier alpha value is -0.803. The minimum Gasteiger partial charge on any atom is -0.242 e. The predicted molar refractivity (Wildman–Crippen MR) is 140 cm³/mol. The Morgan fingerprint density at radius 2 is 1.55 bits per heavy atom. The summed E-state index contributed by atoms with van der Waals surface area (Å²) in [6, 6.07) is 14.4. The fourth-order valence-corrected chi connectivity index (χ4v) is 4.61. The molecule has 0 amide bonds. The third kappa shape index (κ3) is 7.35. The first-order valence-corrected chi connectivity index (χ1v) is 14.7. The van der Waals surface area contributed by atoms with Crippen LogP contribution in [0.5, 0.6) is 0 Å². The summed E-state index contributed by atoms with van der Waals surface area (Å²) in [5.41, 5.74) is 1.83. The van der Waals surface area contributed by atoms with E-state index in [2.05, 4.69) is 38.1 Å². The highest BCUT2D eigenvalue weighted by atomic mass is 35.7. The Bertz CT molecular complexity index is 939. The zero-order chi connectivity index (χ0) is 22.6. The maximum atomic E-state index is 14.2. The van der Waals surface area contributed by atoms with Crippen LogP contribution in [0.2, 0.25) is 5.02 Å². The van der Waals surface area contributed by atoms with Crippen LogP contribution in [0.3, 0.4) is 0 Å². The predicted octanol–water partition coefficient (Wildman–Crippen LogP) is 10.4. The molecule has 1 aliphatic carbocycles. The average Bonchev–Trinajstić information content (AvgIpc) is 2.78. The number of benzene rings is 3. The van der Waals surface area contributed by atoms with E-state index in [1.807, 2.05) is 18.2 Å². The molecule has 3 aromatic carbocycles. The zero-order valence-electron chi connectivity index (χ0n) is 18.5. The lowest BCUT2D eigenvalue weighted by Gasteiger charge is -2.23. The zero-order valence-corrected chi connectivity index (χ0v) is 21.8. The van der Waals surface area contributed by atoms with Crippen LogP contribution in [0.15, 0.2) is 42.5 Å². The van der Waals surface area contributed by atoms with Crippen molar-refractivity contribution >= 4 is 63.4 Å². The Balaban J connectivity index is 0.000000263. The van der Waals surface area contributed by atoms with Gasteiger partial charge < -0.3 is 0 Å². The van der Waals surface area contributed by atoms with Gasteiger partial charge in [0.25, 0.3) is 8.14 Å². The number of unbranched alkanes of at least 4 members (excludes halogenated alkanes) is 5. The summed E-state index contributed by atoms with van der Waals surface area (Å²) in [6.07, 6.45) is 9.98. The summed E-state index contributed by atoms with van der Waals surface area (Å²) >= 11 is 16.0. The molecule has 0 aromatic heterocycles. The van der Waals surface area contributed by atoms with Crippen molar-refractivity contribution in [2.45, 2.75) is 77.8 Å². The molecule has 0 saturated carbocycles. The summed E-state index contributed by atoms with van der Waals surface area (Å²) in [7, 11) is 0.0278. The van der Waals surface area contributed by atoms with Crippen molar-refractivity contribution in [1.82, 2.24) is 0 Å². The fourth-order valence-electron chi connectivity index (χ4n) is 4.27. The third-order valence-corrected chi connectivity index (χ3v) is 6.12. The lowest BCUT2D eigenvalue weighted by atomic mass is 9.85. The third-order valence-electron chi connectivity index (χ3n) is 5.80. The molecule has 0 aliphatic heterocycles. The molecular formula is C26H32Cl3FSi. The molecule has 0 fully saturated rings. The van der Waals surface area contributed by atoms with Crippen LogP contribution in [0.4, 0.5) is 4.39 Å². The van der Waals surface area contributed by atoms with Crippen LogP contribution in [0.25, 0.3) is 21.5 Å². The lowest BCUT2D eigenvalue weighted by Crippen LogP contribution is -2.07. The van der Waals surface area contributed by atoms with Crippen LogP contribution < -0.4 is 0 Å². The van der Waals surface area contributed by atoms with Crippen LogP contribution in [-0.2, 0) is 6.42 Å². The molecule has 1 unspecified atom stereocenters. The van der Waals surface area contributed by atoms with Gasteiger partial charge in [-0.2, -0.15) is 0 Å². The van der Waals surface area contributed by atoms with E-state index in [1.54, 1.807) is 0 Å². The molecule has 0 spiro atoms. The Kier molecular flexibility index (Phi) is 12.3. The quantitative estimate of drug-likeness (QED) is 0.142. The largest absolute Gasteiger partial charge is 0.295 e. The summed E-state index contributed by atoms with van der Waals surface area (Å²) in [4.78, 5) is 0. The molecule has 168 valence electrons. The summed E-state index contributed by atoms with van der Waals surface area (Å²) in [5.74, 6) is 0. The number of halogens is 4. The van der Waals surface area contributed by atoms with Gasteiger partial charge in [0, 0.05) is 10.6 Å². The summed E-state index contributed by atoms with van der Waals surface area (Å²) < 4.78 is 14.2. The molecule has 0 N–H and O–H groups in total. The lowest BCUT2D eigenvalue weighted by molar-refractivity contribution is 0.303. The van der Waals surface area contributed by atoms with E-state index in [4.69, 9.17) is 33.8 Å². The number of alkyl halides is 1. The number of rotatable bonds is 5. The fraction of sp³-hybridized carbons (Fsp3) is 0.462. The highest BCUT2D eigenvalue weighted by molar-refractivity contribution is 7.22. The Labute approximate surface area is 203 Å². The Morgan fingerprint density at radius 3 is 2.19 bits per heavy atom. The van der Waals surface area contributed by atoms with Gasteiger partial charge in [0.2, 0.25) is 0 Å². The SMILES string of the molecule is CCCCCCCC.Cl[Si]Cl.FC1CCCc2c1c(Cl)cc1c2ccc2ccccc21. The second-order valence-electron chi connectivity index (χ2n) is 7.98. The molecule has 3 aromatic rings. The van der Waals surface area contributed by atoms with Crippen LogP contribution in [0, 0.1) is 0 Å². The molecule has 1 aliphatic rings. The van der Waals surface area contributed by atoms with Gasteiger partial charge >= 0.3 is 0 Å². The van der Waals surface area contributed by atoms with Crippen molar-refractivity contribution in [3.05, 3.63) is 58.6 Å². The monoisotopic (exact) mass is 496 g/mol. The molecule has 5 heteroatoms. The molecule has 0 saturated heterocycles. The van der Waals surface area contributed by atoms with Crippen molar-refractivity contribution in [2.24, 2.45) is 0 Å². The van der Waals surface area contributed by atoms with Crippen molar-refractivity contribution in [3.8, 4) is 0 Å². The van der Waals surface area contributed by atoms with Gasteiger partial charge in [-0.1, -0.05) is 100 Å². The van der Waals surface area contributed by atoms with E-state index < -0.39 is 6.17 Å². The number of hydrogen-bond acceptors (Lipinski definition) is 0. The van der Waals surface area contributed by atoms with Crippen molar-refractivity contribution in [2.75, 3.05) is 0 Å². The first-order valence-electron chi connectivity index (χ1n) is 11.3. The van der Waals surface area contributed by atoms with Crippen molar-refractivity contribution in [1.29, 1.82) is 0 Å². The molecule has 2 radical (unpaired) electrons. The standard InChI is InChI=1S/C18H14ClF.C8H18.Cl2Si/c19-16-10-15-12-5-2-1-4-11(12)8-9-13(15)14-6-3-7-17(20)18(14)16;1-3-5-7-8-6-4-2;1-3-2/h1-2,4-5,8-10,17H,3,6-7H2;3-8H2,1-2H3;. The van der Waals surface area contributed by atoms with Crippen LogP contribution in [-0.4, -0.2) is 8.14 Å². The van der Waals surface area contributed by atoms with Gasteiger partial charge in [-0.3, -0.25) is 0 Å². The number of hydrogen-bond donors (Lipinski definition) is 0. The maximum Gasteiger partial charge on any atom is 0.295 e. The number of aryl methyl sites for hydroxylation is 1. The van der Waals surface area contributed by atoms with E-state index in [0.717, 1.165) is 34.7 Å². The molecule has 0 bridgehead atoms. The van der Waals surface area contributed by atoms with Gasteiger partial charge in [-0.25, -0.2) is 4.39 Å². The van der Waals surface area contributed by atoms with Crippen LogP contribution in [0.1, 0.15) is 82.5 Å². The number of fused-ring (bicyclic) bond motifs is 5. The smallest absolute Gasteiger partial charge is 0.242 e. The first-order chi connectivity index (χ1) is 15.1. The Morgan fingerprint density at radius 1 is 0.903 bits per heavy atom. The molecule has 4 rings (SSSR count). The normalized spacial score (nSPS) is 15.0. The van der Waals surface area contributed by atoms with E-state index in [0.29, 0.717) is 11.4 Å². The second kappa shape index (κ2) is 14.4. The molecule has 31 heavy (non-hydrogen) atoms. The topological polar surface area (TPSA) is 0 Å². The van der Waals surface area contributed by atoms with Gasteiger partial charge in [0.1, 0.15) is 6.17 Å². The van der Waals surface area contributed by atoms with E-state index >= 15 is 0 Å². The van der Waals surface area contributed by atoms with Crippen molar-refractivity contribution in [3.63, 3.8) is 0 Å². The van der Waals surface area contributed by atoms with Gasteiger partial charge in [0.05, 0.1) is 0 Å². The maximum absolute atomic E-state index is 14.2. The van der Waals surface area contributed by atoms with Gasteiger partial charge in [-0.05, 0) is 52.4 Å². The second-order valence-corrected chi connectivity index (χ2v) is 10.2. The van der Waals surface area contributed by atoms with Gasteiger partial charge in [0.15, 0.2) is 0 Å².